The minimum absolute atomic E-state index is 0.259. The monoisotopic (exact) mass is 335 g/mol. The van der Waals surface area contributed by atoms with E-state index in [-0.39, 0.29) is 5.15 Å². The van der Waals surface area contributed by atoms with E-state index in [2.05, 4.69) is 20.9 Å². The van der Waals surface area contributed by atoms with Crippen molar-refractivity contribution in [2.75, 3.05) is 0 Å². The van der Waals surface area contributed by atoms with Gasteiger partial charge in [-0.3, -0.25) is 0 Å². The predicted octanol–water partition coefficient (Wildman–Crippen LogP) is 5.47. The van der Waals surface area contributed by atoms with Gasteiger partial charge < -0.3 is 0 Å². The predicted molar refractivity (Wildman–Crippen MR) is 72.4 cm³/mol. The minimum Gasteiger partial charge on any atom is -0.222 e. The smallest absolute Gasteiger partial charge is 0.146 e. The van der Waals surface area contributed by atoms with Crippen LogP contribution in [0.25, 0.3) is 11.1 Å². The van der Waals surface area contributed by atoms with Crippen molar-refractivity contribution in [2.45, 2.75) is 0 Å². The maximum Gasteiger partial charge on any atom is 0.146 e. The second-order valence-corrected chi connectivity index (χ2v) is 4.95. The average molecular weight is 337 g/mol. The number of hydrogen-bond acceptors (Lipinski definition) is 1. The summed E-state index contributed by atoms with van der Waals surface area (Å²) >= 11 is 21.4. The first-order valence-electron chi connectivity index (χ1n) is 4.36. The Labute approximate surface area is 116 Å². The fourth-order valence-corrected chi connectivity index (χ4v) is 2.51. The molecule has 0 saturated heterocycles. The summed E-state index contributed by atoms with van der Waals surface area (Å²) in [5, 5.41) is 1.02. The average Bonchev–Trinajstić information content (AvgIpc) is 2.28. The van der Waals surface area contributed by atoms with Crippen molar-refractivity contribution in [1.82, 2.24) is 4.98 Å². The van der Waals surface area contributed by atoms with Crippen LogP contribution in [-0.2, 0) is 0 Å². The Bertz CT molecular complexity index is 528. The zero-order valence-electron chi connectivity index (χ0n) is 7.85. The number of benzene rings is 1. The van der Waals surface area contributed by atoms with E-state index in [9.17, 15) is 0 Å². The van der Waals surface area contributed by atoms with Crippen LogP contribution in [0.5, 0.6) is 0 Å². The third-order valence-corrected chi connectivity index (χ3v) is 4.21. The van der Waals surface area contributed by atoms with Gasteiger partial charge in [0.25, 0.3) is 0 Å². The lowest BCUT2D eigenvalue weighted by molar-refractivity contribution is 1.31. The number of halogens is 4. The lowest BCUT2D eigenvalue weighted by Crippen LogP contribution is -1.88. The van der Waals surface area contributed by atoms with Gasteiger partial charge in [-0.05, 0) is 21.5 Å². The van der Waals surface area contributed by atoms with Gasteiger partial charge in [-0.2, -0.15) is 0 Å². The molecule has 0 saturated carbocycles. The zero-order chi connectivity index (χ0) is 11.7. The maximum atomic E-state index is 6.18. The molecule has 1 heterocycles. The molecule has 16 heavy (non-hydrogen) atoms. The molecule has 2 rings (SSSR count). The quantitative estimate of drug-likeness (QED) is 0.629. The van der Waals surface area contributed by atoms with Gasteiger partial charge in [0.1, 0.15) is 10.3 Å². The molecule has 0 amide bonds. The standard InChI is InChI=1S/C11H5BrCl3N/c12-8-9(13)7(10(14)16-11(8)15)6-4-2-1-3-5-6/h1-5H. The summed E-state index contributed by atoms with van der Waals surface area (Å²) in [4.78, 5) is 4.01. The van der Waals surface area contributed by atoms with E-state index < -0.39 is 0 Å². The highest BCUT2D eigenvalue weighted by molar-refractivity contribution is 9.10. The van der Waals surface area contributed by atoms with E-state index in [1.165, 1.54) is 0 Å². The Morgan fingerprint density at radius 1 is 0.938 bits per heavy atom. The summed E-state index contributed by atoms with van der Waals surface area (Å²) in [6, 6.07) is 9.56. The summed E-state index contributed by atoms with van der Waals surface area (Å²) in [5.41, 5.74) is 1.59. The Balaban J connectivity index is 2.71. The van der Waals surface area contributed by atoms with E-state index in [4.69, 9.17) is 34.8 Å². The van der Waals surface area contributed by atoms with Gasteiger partial charge in [0, 0.05) is 5.56 Å². The molecular weight excluding hydrogens is 332 g/mol. The van der Waals surface area contributed by atoms with Gasteiger partial charge in [-0.15, -0.1) is 0 Å². The number of pyridine rings is 1. The van der Waals surface area contributed by atoms with Crippen LogP contribution in [0.2, 0.25) is 15.3 Å². The molecule has 0 radical (unpaired) electrons. The molecule has 0 atom stereocenters. The molecule has 0 aliphatic carbocycles. The summed E-state index contributed by atoms with van der Waals surface area (Å²) in [6.45, 7) is 0. The molecule has 0 spiro atoms. The zero-order valence-corrected chi connectivity index (χ0v) is 11.7. The van der Waals surface area contributed by atoms with E-state index in [1.54, 1.807) is 0 Å². The molecule has 1 aromatic heterocycles. The van der Waals surface area contributed by atoms with Crippen LogP contribution in [0, 0.1) is 0 Å². The fourth-order valence-electron chi connectivity index (χ4n) is 1.33. The summed E-state index contributed by atoms with van der Waals surface area (Å²) < 4.78 is 0.555. The van der Waals surface area contributed by atoms with Gasteiger partial charge in [0.15, 0.2) is 0 Å². The minimum atomic E-state index is 0.259. The lowest BCUT2D eigenvalue weighted by atomic mass is 10.1. The molecule has 0 fully saturated rings. The van der Waals surface area contributed by atoms with Gasteiger partial charge >= 0.3 is 0 Å². The molecule has 0 unspecified atom stereocenters. The molecule has 0 aliphatic rings. The molecule has 2 aromatic rings. The maximum absolute atomic E-state index is 6.18. The number of hydrogen-bond donors (Lipinski definition) is 0. The summed E-state index contributed by atoms with van der Waals surface area (Å²) in [5.74, 6) is 0. The summed E-state index contributed by atoms with van der Waals surface area (Å²) in [7, 11) is 0. The fraction of sp³-hybridized carbons (Fsp3) is 0. The van der Waals surface area contributed by atoms with E-state index in [0.717, 1.165) is 5.56 Å². The van der Waals surface area contributed by atoms with Crippen LogP contribution in [-0.4, -0.2) is 4.98 Å². The molecule has 1 aromatic carbocycles. The van der Waals surface area contributed by atoms with Crippen molar-refractivity contribution in [1.29, 1.82) is 0 Å². The topological polar surface area (TPSA) is 12.9 Å². The van der Waals surface area contributed by atoms with Crippen LogP contribution in [0.1, 0.15) is 0 Å². The van der Waals surface area contributed by atoms with Crippen molar-refractivity contribution in [3.05, 3.63) is 50.1 Å². The SMILES string of the molecule is Clc1nc(Cl)c(-c2ccccc2)c(Cl)c1Br. The van der Waals surface area contributed by atoms with E-state index >= 15 is 0 Å². The highest BCUT2D eigenvalue weighted by Gasteiger charge is 2.15. The first kappa shape index (κ1) is 12.2. The van der Waals surface area contributed by atoms with Crippen molar-refractivity contribution < 1.29 is 0 Å². The Kier molecular flexibility index (Phi) is 3.75. The number of aromatic nitrogens is 1. The third-order valence-electron chi connectivity index (χ3n) is 2.06. The lowest BCUT2D eigenvalue weighted by Gasteiger charge is -2.09. The molecule has 0 bridgehead atoms. The Morgan fingerprint density at radius 2 is 1.56 bits per heavy atom. The van der Waals surface area contributed by atoms with E-state index in [1.807, 2.05) is 30.3 Å². The Hall–Kier alpha value is -0.280. The van der Waals surface area contributed by atoms with Gasteiger partial charge in [-0.1, -0.05) is 65.1 Å². The highest BCUT2D eigenvalue weighted by atomic mass is 79.9. The van der Waals surface area contributed by atoms with Gasteiger partial charge in [0.05, 0.1) is 9.50 Å². The van der Waals surface area contributed by atoms with Gasteiger partial charge in [0.2, 0.25) is 0 Å². The van der Waals surface area contributed by atoms with Crippen LogP contribution < -0.4 is 0 Å². The second-order valence-electron chi connectivity index (χ2n) is 3.06. The van der Waals surface area contributed by atoms with Crippen molar-refractivity contribution in [2.24, 2.45) is 0 Å². The normalized spacial score (nSPS) is 10.5. The van der Waals surface area contributed by atoms with Crippen LogP contribution in [0.3, 0.4) is 0 Å². The molecule has 0 aliphatic heterocycles. The third kappa shape index (κ3) is 2.21. The van der Waals surface area contributed by atoms with Crippen LogP contribution in [0.15, 0.2) is 34.8 Å². The highest BCUT2D eigenvalue weighted by Crippen LogP contribution is 2.40. The second kappa shape index (κ2) is 4.92. The first-order valence-corrected chi connectivity index (χ1v) is 6.29. The van der Waals surface area contributed by atoms with Crippen LogP contribution in [0.4, 0.5) is 0 Å². The van der Waals surface area contributed by atoms with Gasteiger partial charge in [-0.25, -0.2) is 4.98 Å². The van der Waals surface area contributed by atoms with Crippen LogP contribution >= 0.6 is 50.7 Å². The largest absolute Gasteiger partial charge is 0.222 e. The molecule has 1 nitrogen and oxygen atoms in total. The number of rotatable bonds is 1. The summed E-state index contributed by atoms with van der Waals surface area (Å²) in [6.07, 6.45) is 0. The molecule has 0 N–H and O–H groups in total. The van der Waals surface area contributed by atoms with Crippen molar-refractivity contribution in [3.63, 3.8) is 0 Å². The van der Waals surface area contributed by atoms with Crippen molar-refractivity contribution >= 4 is 50.7 Å². The molecule has 82 valence electrons. The Morgan fingerprint density at radius 3 is 2.19 bits per heavy atom. The molecule has 5 heteroatoms. The molecular formula is C11H5BrCl3N. The van der Waals surface area contributed by atoms with Crippen molar-refractivity contribution in [3.8, 4) is 11.1 Å². The first-order chi connectivity index (χ1) is 7.61. The van der Waals surface area contributed by atoms with E-state index in [0.29, 0.717) is 20.2 Å². The number of nitrogens with zero attached hydrogens (tertiary/aromatic N) is 1.